The first-order valence-corrected chi connectivity index (χ1v) is 8.49. The quantitative estimate of drug-likeness (QED) is 0.655. The molecule has 24 heavy (non-hydrogen) atoms. The summed E-state index contributed by atoms with van der Waals surface area (Å²) in [6.45, 7) is 0. The predicted octanol–water partition coefficient (Wildman–Crippen LogP) is 4.90. The lowest BCUT2D eigenvalue weighted by atomic mass is 9.87. The molecule has 2 N–H and O–H groups in total. The molecule has 4 rings (SSSR count). The molecule has 1 aliphatic rings. The summed E-state index contributed by atoms with van der Waals surface area (Å²) in [6, 6.07) is 22.6. The van der Waals surface area contributed by atoms with E-state index in [1.807, 2.05) is 48.5 Å². The van der Waals surface area contributed by atoms with Crippen LogP contribution in [0.2, 0.25) is 0 Å². The summed E-state index contributed by atoms with van der Waals surface area (Å²) in [5.41, 5.74) is 3.93. The number of hydrogen-bond acceptors (Lipinski definition) is 4. The minimum Gasteiger partial charge on any atom is -0.508 e. The highest BCUT2D eigenvalue weighted by molar-refractivity contribution is 8.13. The number of thioether (sulfide) groups is 1. The second-order valence-corrected chi connectivity index (χ2v) is 6.73. The molecule has 0 aromatic heterocycles. The highest BCUT2D eigenvalue weighted by Gasteiger charge is 2.31. The Kier molecular flexibility index (Phi) is 3.75. The summed E-state index contributed by atoms with van der Waals surface area (Å²) < 4.78 is 0. The fraction of sp³-hybridized carbons (Fsp3) is 0.0500. The van der Waals surface area contributed by atoms with Crippen LogP contribution in [0.4, 0.5) is 11.4 Å². The number of rotatable bonds is 2. The third-order valence-electron chi connectivity index (χ3n) is 4.10. The molecule has 118 valence electrons. The fourth-order valence-corrected chi connectivity index (χ4v) is 3.86. The van der Waals surface area contributed by atoms with Crippen molar-refractivity contribution in [3.63, 3.8) is 0 Å². The van der Waals surface area contributed by atoms with Gasteiger partial charge in [-0.1, -0.05) is 48.2 Å². The zero-order valence-electron chi connectivity index (χ0n) is 12.8. The van der Waals surface area contributed by atoms with Gasteiger partial charge < -0.3 is 10.4 Å². The second-order valence-electron chi connectivity index (χ2n) is 5.65. The Morgan fingerprint density at radius 3 is 1.96 bits per heavy atom. The minimum absolute atomic E-state index is 0.0714. The van der Waals surface area contributed by atoms with Gasteiger partial charge in [-0.15, -0.1) is 0 Å². The lowest BCUT2D eigenvalue weighted by molar-refractivity contribution is -0.111. The van der Waals surface area contributed by atoms with Crippen molar-refractivity contribution >= 4 is 28.3 Å². The monoisotopic (exact) mass is 333 g/mol. The number of hydrogen-bond donors (Lipinski definition) is 2. The van der Waals surface area contributed by atoms with Crippen molar-refractivity contribution in [2.75, 3.05) is 5.32 Å². The Bertz CT molecular complexity index is 860. The Morgan fingerprint density at radius 1 is 0.833 bits per heavy atom. The maximum atomic E-state index is 13.1. The molecule has 0 saturated heterocycles. The van der Waals surface area contributed by atoms with Crippen molar-refractivity contribution in [1.82, 2.24) is 0 Å². The van der Waals surface area contributed by atoms with E-state index in [1.165, 1.54) is 11.8 Å². The molecule has 0 aliphatic carbocycles. The van der Waals surface area contributed by atoms with Crippen LogP contribution in [-0.4, -0.2) is 10.2 Å². The van der Waals surface area contributed by atoms with Crippen LogP contribution in [0.1, 0.15) is 17.0 Å². The van der Waals surface area contributed by atoms with Crippen LogP contribution in [0, 0.1) is 0 Å². The number of carbonyl (C=O) groups is 1. The van der Waals surface area contributed by atoms with Crippen LogP contribution in [0.3, 0.4) is 0 Å². The lowest BCUT2D eigenvalue weighted by Gasteiger charge is -2.28. The molecule has 0 bridgehead atoms. The topological polar surface area (TPSA) is 49.3 Å². The molecule has 0 saturated carbocycles. The standard InChI is InChI=1S/C20H15NO2S/c22-13-9-11-14(12-10-13)24-20(23)19-15-5-1-3-7-17(15)21-18-8-4-2-6-16(18)19/h1-12,19,21-22H. The predicted molar refractivity (Wildman–Crippen MR) is 97.0 cm³/mol. The summed E-state index contributed by atoms with van der Waals surface area (Å²) in [5.74, 6) is -0.109. The van der Waals surface area contributed by atoms with E-state index in [4.69, 9.17) is 0 Å². The minimum atomic E-state index is -0.308. The number of anilines is 2. The van der Waals surface area contributed by atoms with Crippen molar-refractivity contribution in [2.24, 2.45) is 0 Å². The van der Waals surface area contributed by atoms with Gasteiger partial charge in [0.15, 0.2) is 0 Å². The molecule has 0 unspecified atom stereocenters. The SMILES string of the molecule is O=C(Sc1ccc(O)cc1)C1c2ccccc2Nc2ccccc21. The van der Waals surface area contributed by atoms with Gasteiger partial charge in [-0.3, -0.25) is 4.79 Å². The second kappa shape index (κ2) is 6.06. The van der Waals surface area contributed by atoms with Crippen LogP contribution in [0.15, 0.2) is 77.7 Å². The molecular weight excluding hydrogens is 318 g/mol. The molecular formula is C20H15NO2S. The molecule has 0 amide bonds. The Balaban J connectivity index is 1.74. The number of carbonyl (C=O) groups excluding carboxylic acids is 1. The zero-order chi connectivity index (χ0) is 16.5. The molecule has 0 spiro atoms. The third-order valence-corrected chi connectivity index (χ3v) is 5.05. The maximum Gasteiger partial charge on any atom is 0.205 e. The molecule has 1 heterocycles. The lowest BCUT2D eigenvalue weighted by Crippen LogP contribution is -2.18. The Morgan fingerprint density at radius 2 is 1.38 bits per heavy atom. The van der Waals surface area contributed by atoms with Gasteiger partial charge in [-0.05, 0) is 47.5 Å². The molecule has 3 aromatic carbocycles. The summed E-state index contributed by atoms with van der Waals surface area (Å²) in [5, 5.41) is 12.9. The van der Waals surface area contributed by atoms with E-state index in [0.29, 0.717) is 0 Å². The van der Waals surface area contributed by atoms with Gasteiger partial charge in [0.05, 0.1) is 5.92 Å². The van der Waals surface area contributed by atoms with Gasteiger partial charge in [0.2, 0.25) is 5.12 Å². The van der Waals surface area contributed by atoms with E-state index < -0.39 is 0 Å². The third kappa shape index (κ3) is 2.65. The van der Waals surface area contributed by atoms with Crippen LogP contribution in [-0.2, 0) is 4.79 Å². The highest BCUT2D eigenvalue weighted by atomic mass is 32.2. The van der Waals surface area contributed by atoms with E-state index in [0.717, 1.165) is 27.4 Å². The fourth-order valence-electron chi connectivity index (χ4n) is 2.98. The van der Waals surface area contributed by atoms with Gasteiger partial charge in [0, 0.05) is 16.3 Å². The summed E-state index contributed by atoms with van der Waals surface area (Å²) in [7, 11) is 0. The van der Waals surface area contributed by atoms with Crippen molar-refractivity contribution in [1.29, 1.82) is 0 Å². The zero-order valence-corrected chi connectivity index (χ0v) is 13.6. The van der Waals surface area contributed by atoms with Crippen molar-refractivity contribution in [3.8, 4) is 5.75 Å². The first kappa shape index (κ1) is 14.8. The number of phenolic OH excluding ortho intramolecular Hbond substituents is 1. The molecule has 3 nitrogen and oxygen atoms in total. The first-order valence-electron chi connectivity index (χ1n) is 7.68. The molecule has 3 aromatic rings. The van der Waals surface area contributed by atoms with E-state index >= 15 is 0 Å². The van der Waals surface area contributed by atoms with Crippen molar-refractivity contribution in [2.45, 2.75) is 10.8 Å². The van der Waals surface area contributed by atoms with Crippen LogP contribution in [0.25, 0.3) is 0 Å². The molecule has 0 radical (unpaired) electrons. The maximum absolute atomic E-state index is 13.1. The summed E-state index contributed by atoms with van der Waals surface area (Å²) in [4.78, 5) is 13.9. The first-order chi connectivity index (χ1) is 11.7. The Labute approximate surface area is 144 Å². The Hall–Kier alpha value is -2.72. The van der Waals surface area contributed by atoms with E-state index in [-0.39, 0.29) is 16.8 Å². The van der Waals surface area contributed by atoms with Crippen molar-refractivity contribution < 1.29 is 9.90 Å². The van der Waals surface area contributed by atoms with Gasteiger partial charge in [-0.25, -0.2) is 0 Å². The average Bonchev–Trinajstić information content (AvgIpc) is 2.61. The van der Waals surface area contributed by atoms with Gasteiger partial charge in [0.25, 0.3) is 0 Å². The van der Waals surface area contributed by atoms with Crippen LogP contribution >= 0.6 is 11.8 Å². The van der Waals surface area contributed by atoms with E-state index in [1.54, 1.807) is 24.3 Å². The normalized spacial score (nSPS) is 12.8. The smallest absolute Gasteiger partial charge is 0.205 e. The number of benzene rings is 3. The van der Waals surface area contributed by atoms with Gasteiger partial charge >= 0.3 is 0 Å². The largest absolute Gasteiger partial charge is 0.508 e. The number of para-hydroxylation sites is 2. The van der Waals surface area contributed by atoms with Crippen molar-refractivity contribution in [3.05, 3.63) is 83.9 Å². The molecule has 1 aliphatic heterocycles. The number of aromatic hydroxyl groups is 1. The highest BCUT2D eigenvalue weighted by Crippen LogP contribution is 2.44. The van der Waals surface area contributed by atoms with E-state index in [9.17, 15) is 9.90 Å². The van der Waals surface area contributed by atoms with Crippen LogP contribution < -0.4 is 5.32 Å². The molecule has 0 atom stereocenters. The number of fused-ring (bicyclic) bond motifs is 2. The van der Waals surface area contributed by atoms with Gasteiger partial charge in [-0.2, -0.15) is 0 Å². The number of phenols is 1. The average molecular weight is 333 g/mol. The molecule has 4 heteroatoms. The summed E-state index contributed by atoms with van der Waals surface area (Å²) >= 11 is 1.21. The van der Waals surface area contributed by atoms with Gasteiger partial charge in [0.1, 0.15) is 5.75 Å². The van der Waals surface area contributed by atoms with Crippen LogP contribution in [0.5, 0.6) is 5.75 Å². The number of nitrogens with one attached hydrogen (secondary N) is 1. The molecule has 0 fully saturated rings. The van der Waals surface area contributed by atoms with E-state index in [2.05, 4.69) is 5.32 Å². The summed E-state index contributed by atoms with van der Waals surface area (Å²) in [6.07, 6.45) is 0.